The zero-order valence-corrected chi connectivity index (χ0v) is 8.74. The molecule has 0 aromatic heterocycles. The fourth-order valence-corrected chi connectivity index (χ4v) is 1.64. The van der Waals surface area contributed by atoms with Gasteiger partial charge >= 0.3 is 0 Å². The number of rotatable bonds is 1. The van der Waals surface area contributed by atoms with Crippen molar-refractivity contribution >= 4 is 5.69 Å². The Morgan fingerprint density at radius 2 is 1.59 bits per heavy atom. The van der Waals surface area contributed by atoms with Gasteiger partial charge in [-0.25, -0.2) is 8.78 Å². The van der Waals surface area contributed by atoms with Gasteiger partial charge in [-0.15, -0.1) is 0 Å². The van der Waals surface area contributed by atoms with E-state index in [-0.39, 0.29) is 22.4 Å². The van der Waals surface area contributed by atoms with Crippen molar-refractivity contribution in [3.8, 4) is 17.2 Å². The molecule has 2 rings (SSSR count). The summed E-state index contributed by atoms with van der Waals surface area (Å²) >= 11 is 0. The smallest absolute Gasteiger partial charge is 0.134 e. The van der Waals surface area contributed by atoms with Crippen LogP contribution in [0.15, 0.2) is 36.4 Å². The first kappa shape index (κ1) is 11.1. The van der Waals surface area contributed by atoms with Crippen LogP contribution in [0.4, 0.5) is 14.5 Å². The van der Waals surface area contributed by atoms with Crippen LogP contribution in [0.25, 0.3) is 11.1 Å². The van der Waals surface area contributed by atoms with Crippen molar-refractivity contribution in [1.29, 1.82) is 5.26 Å². The van der Waals surface area contributed by atoms with Crippen molar-refractivity contribution < 1.29 is 8.78 Å². The topological polar surface area (TPSA) is 49.8 Å². The normalized spacial score (nSPS) is 9.94. The molecular formula is C13H8F2N2. The molecule has 0 radical (unpaired) electrons. The van der Waals surface area contributed by atoms with Crippen molar-refractivity contribution in [3.05, 3.63) is 53.6 Å². The van der Waals surface area contributed by atoms with Crippen molar-refractivity contribution in [2.45, 2.75) is 0 Å². The maximum Gasteiger partial charge on any atom is 0.134 e. The van der Waals surface area contributed by atoms with Gasteiger partial charge in [0.15, 0.2) is 0 Å². The summed E-state index contributed by atoms with van der Waals surface area (Å²) in [5.41, 5.74) is 5.98. The molecule has 0 bridgehead atoms. The summed E-state index contributed by atoms with van der Waals surface area (Å²) in [6.07, 6.45) is 0. The molecule has 0 atom stereocenters. The van der Waals surface area contributed by atoms with E-state index in [1.165, 1.54) is 24.3 Å². The number of nitrogens with zero attached hydrogens (tertiary/aromatic N) is 1. The second-order valence-corrected chi connectivity index (χ2v) is 3.48. The van der Waals surface area contributed by atoms with Gasteiger partial charge in [-0.1, -0.05) is 18.2 Å². The second-order valence-electron chi connectivity index (χ2n) is 3.48. The van der Waals surface area contributed by atoms with Crippen LogP contribution in [0.5, 0.6) is 0 Å². The fourth-order valence-electron chi connectivity index (χ4n) is 1.64. The van der Waals surface area contributed by atoms with E-state index in [0.717, 1.165) is 12.1 Å². The van der Waals surface area contributed by atoms with Crippen LogP contribution in [-0.4, -0.2) is 0 Å². The molecule has 2 N–H and O–H groups in total. The van der Waals surface area contributed by atoms with Crippen LogP contribution in [0.1, 0.15) is 5.56 Å². The molecule has 0 amide bonds. The summed E-state index contributed by atoms with van der Waals surface area (Å²) < 4.78 is 27.1. The Balaban J connectivity index is 2.74. The zero-order valence-electron chi connectivity index (χ0n) is 8.74. The third kappa shape index (κ3) is 1.83. The summed E-state index contributed by atoms with van der Waals surface area (Å²) in [7, 11) is 0. The maximum absolute atomic E-state index is 13.6. The SMILES string of the molecule is N#Cc1cccc(-c2c(F)cccc2F)c1N. The van der Waals surface area contributed by atoms with E-state index in [4.69, 9.17) is 11.0 Å². The van der Waals surface area contributed by atoms with Crippen LogP contribution in [0.2, 0.25) is 0 Å². The molecule has 4 heteroatoms. The Morgan fingerprint density at radius 3 is 2.18 bits per heavy atom. The predicted octanol–water partition coefficient (Wildman–Crippen LogP) is 3.09. The molecule has 2 aromatic rings. The number of hydrogen-bond acceptors (Lipinski definition) is 2. The van der Waals surface area contributed by atoms with Gasteiger partial charge in [0.1, 0.15) is 17.7 Å². The highest BCUT2D eigenvalue weighted by atomic mass is 19.1. The molecule has 84 valence electrons. The number of nitrogen functional groups attached to an aromatic ring is 1. The Kier molecular flexibility index (Phi) is 2.75. The fraction of sp³-hybridized carbons (Fsp3) is 0. The standard InChI is InChI=1S/C13H8F2N2/c14-10-5-2-6-11(15)12(10)9-4-1-3-8(7-16)13(9)17/h1-6H,17H2. The summed E-state index contributed by atoms with van der Waals surface area (Å²) in [5, 5.41) is 8.81. The van der Waals surface area contributed by atoms with Crippen LogP contribution in [-0.2, 0) is 0 Å². The molecular weight excluding hydrogens is 222 g/mol. The van der Waals surface area contributed by atoms with E-state index < -0.39 is 11.6 Å². The Morgan fingerprint density at radius 1 is 1.00 bits per heavy atom. The number of nitrogens with two attached hydrogens (primary N) is 1. The lowest BCUT2D eigenvalue weighted by Gasteiger charge is -2.09. The molecule has 0 fully saturated rings. The average molecular weight is 230 g/mol. The molecule has 0 aliphatic heterocycles. The minimum Gasteiger partial charge on any atom is -0.397 e. The summed E-state index contributed by atoms with van der Waals surface area (Å²) in [6.45, 7) is 0. The van der Waals surface area contributed by atoms with Gasteiger partial charge in [0.25, 0.3) is 0 Å². The average Bonchev–Trinajstić information content (AvgIpc) is 2.31. The Bertz CT molecular complexity index is 595. The first-order valence-electron chi connectivity index (χ1n) is 4.88. The third-order valence-corrected chi connectivity index (χ3v) is 2.46. The molecule has 0 aliphatic rings. The van der Waals surface area contributed by atoms with Crippen LogP contribution < -0.4 is 5.73 Å². The predicted molar refractivity (Wildman–Crippen MR) is 60.9 cm³/mol. The van der Waals surface area contributed by atoms with Crippen molar-refractivity contribution in [2.75, 3.05) is 5.73 Å². The van der Waals surface area contributed by atoms with Gasteiger partial charge in [0.2, 0.25) is 0 Å². The third-order valence-electron chi connectivity index (χ3n) is 2.46. The van der Waals surface area contributed by atoms with E-state index in [1.807, 2.05) is 6.07 Å². The molecule has 2 aromatic carbocycles. The first-order chi connectivity index (χ1) is 8.15. The van der Waals surface area contributed by atoms with E-state index in [2.05, 4.69) is 0 Å². The van der Waals surface area contributed by atoms with Gasteiger partial charge in [-0.2, -0.15) is 5.26 Å². The molecule has 0 aliphatic carbocycles. The van der Waals surface area contributed by atoms with Gasteiger partial charge in [0.05, 0.1) is 16.8 Å². The molecule has 0 heterocycles. The van der Waals surface area contributed by atoms with Crippen LogP contribution >= 0.6 is 0 Å². The van der Waals surface area contributed by atoms with E-state index >= 15 is 0 Å². The summed E-state index contributed by atoms with van der Waals surface area (Å²) in [5.74, 6) is -1.40. The van der Waals surface area contributed by atoms with E-state index in [0.29, 0.717) is 0 Å². The van der Waals surface area contributed by atoms with E-state index in [9.17, 15) is 8.78 Å². The Hall–Kier alpha value is -2.41. The van der Waals surface area contributed by atoms with Gasteiger partial charge in [0, 0.05) is 5.56 Å². The number of hydrogen-bond donors (Lipinski definition) is 1. The van der Waals surface area contributed by atoms with Crippen LogP contribution in [0, 0.1) is 23.0 Å². The summed E-state index contributed by atoms with van der Waals surface area (Å²) in [4.78, 5) is 0. The molecule has 0 saturated carbocycles. The monoisotopic (exact) mass is 230 g/mol. The number of nitriles is 1. The van der Waals surface area contributed by atoms with E-state index in [1.54, 1.807) is 0 Å². The largest absolute Gasteiger partial charge is 0.397 e. The van der Waals surface area contributed by atoms with Crippen molar-refractivity contribution in [1.82, 2.24) is 0 Å². The van der Waals surface area contributed by atoms with Gasteiger partial charge in [-0.3, -0.25) is 0 Å². The molecule has 2 nitrogen and oxygen atoms in total. The van der Waals surface area contributed by atoms with Gasteiger partial charge < -0.3 is 5.73 Å². The maximum atomic E-state index is 13.6. The molecule has 17 heavy (non-hydrogen) atoms. The number of para-hydroxylation sites is 1. The lowest BCUT2D eigenvalue weighted by molar-refractivity contribution is 0.590. The molecule has 0 unspecified atom stereocenters. The van der Waals surface area contributed by atoms with Crippen LogP contribution in [0.3, 0.4) is 0 Å². The quantitative estimate of drug-likeness (QED) is 0.765. The Labute approximate surface area is 96.9 Å². The minimum atomic E-state index is -0.702. The highest BCUT2D eigenvalue weighted by molar-refractivity contribution is 5.80. The number of anilines is 1. The molecule has 0 saturated heterocycles. The molecule has 0 spiro atoms. The lowest BCUT2D eigenvalue weighted by atomic mass is 10.00. The zero-order chi connectivity index (χ0) is 12.4. The van der Waals surface area contributed by atoms with Crippen molar-refractivity contribution in [2.24, 2.45) is 0 Å². The number of halogens is 2. The highest BCUT2D eigenvalue weighted by Gasteiger charge is 2.14. The highest BCUT2D eigenvalue weighted by Crippen LogP contribution is 2.32. The number of benzene rings is 2. The second kappa shape index (κ2) is 4.22. The van der Waals surface area contributed by atoms with Crippen molar-refractivity contribution in [3.63, 3.8) is 0 Å². The lowest BCUT2D eigenvalue weighted by Crippen LogP contribution is -1.97. The summed E-state index contributed by atoms with van der Waals surface area (Å²) in [6, 6.07) is 9.97. The first-order valence-corrected chi connectivity index (χ1v) is 4.88. The minimum absolute atomic E-state index is 0.0824. The van der Waals surface area contributed by atoms with Gasteiger partial charge in [-0.05, 0) is 18.2 Å².